The molecule has 7 nitrogen and oxygen atoms in total. The molecule has 0 saturated heterocycles. The Hall–Kier alpha value is -3.48. The second kappa shape index (κ2) is 7.64. The van der Waals surface area contributed by atoms with Gasteiger partial charge in [0.2, 0.25) is 0 Å². The average molecular weight is 380 g/mol. The Balaban J connectivity index is 1.35. The highest BCUT2D eigenvalue weighted by Crippen LogP contribution is 2.30. The van der Waals surface area contributed by atoms with Crippen molar-refractivity contribution in [3.05, 3.63) is 65.0 Å². The van der Waals surface area contributed by atoms with Gasteiger partial charge >= 0.3 is 0 Å². The molecule has 0 aliphatic carbocycles. The van der Waals surface area contributed by atoms with Crippen LogP contribution >= 0.6 is 0 Å². The fraction of sp³-hybridized carbons (Fsp3) is 0.238. The van der Waals surface area contributed by atoms with Crippen LogP contribution < -0.4 is 25.1 Å². The predicted molar refractivity (Wildman–Crippen MR) is 104 cm³/mol. The third-order valence-corrected chi connectivity index (χ3v) is 4.57. The number of benzene rings is 2. The normalized spacial score (nSPS) is 15.2. The lowest BCUT2D eigenvalue weighted by atomic mass is 10.2. The van der Waals surface area contributed by atoms with Gasteiger partial charge < -0.3 is 24.1 Å². The van der Waals surface area contributed by atoms with Gasteiger partial charge in [-0.2, -0.15) is 0 Å². The first-order valence-corrected chi connectivity index (χ1v) is 8.98. The molecule has 7 heteroatoms. The minimum atomic E-state index is -0.299. The molecule has 1 atom stereocenters. The summed E-state index contributed by atoms with van der Waals surface area (Å²) in [7, 11) is 1.70. The van der Waals surface area contributed by atoms with Crippen LogP contribution in [0.15, 0.2) is 59.4 Å². The van der Waals surface area contributed by atoms with Gasteiger partial charge in [0, 0.05) is 18.5 Å². The van der Waals surface area contributed by atoms with E-state index < -0.39 is 0 Å². The number of hydrogen-bond donors (Lipinski definition) is 1. The Morgan fingerprint density at radius 3 is 2.79 bits per heavy atom. The number of rotatable bonds is 5. The van der Waals surface area contributed by atoms with Crippen LogP contribution in [-0.2, 0) is 11.8 Å². The number of amides is 1. The Labute approximate surface area is 161 Å². The van der Waals surface area contributed by atoms with Crippen molar-refractivity contribution in [2.45, 2.75) is 6.10 Å². The number of ether oxygens (including phenoxy) is 3. The quantitative estimate of drug-likeness (QED) is 0.731. The summed E-state index contributed by atoms with van der Waals surface area (Å²) in [6.45, 7) is 0.465. The number of para-hydroxylation sites is 3. The molecule has 0 saturated carbocycles. The van der Waals surface area contributed by atoms with Crippen LogP contribution in [0.1, 0.15) is 0 Å². The molecule has 1 N–H and O–H groups in total. The first-order valence-electron chi connectivity index (χ1n) is 8.98. The molecule has 1 amide bonds. The number of nitrogens with one attached hydrogen (secondary N) is 1. The van der Waals surface area contributed by atoms with E-state index in [4.69, 9.17) is 14.2 Å². The highest BCUT2D eigenvalue weighted by atomic mass is 16.6. The number of pyridine rings is 1. The predicted octanol–water partition coefficient (Wildman–Crippen LogP) is 1.87. The van der Waals surface area contributed by atoms with Gasteiger partial charge in [0.15, 0.2) is 18.1 Å². The first-order chi connectivity index (χ1) is 13.6. The standard InChI is InChI=1S/C21H20N2O5/c1-23-16-7-3-2-6-15(16)19(10-21(23)25)27-13-20(24)22-11-14-12-26-17-8-4-5-9-18(17)28-14/h2-10,14H,11-13H2,1H3,(H,22,24). The van der Waals surface area contributed by atoms with E-state index in [0.29, 0.717) is 30.4 Å². The third-order valence-electron chi connectivity index (χ3n) is 4.57. The van der Waals surface area contributed by atoms with E-state index in [-0.39, 0.29) is 24.2 Å². The summed E-state index contributed by atoms with van der Waals surface area (Å²) in [5.41, 5.74) is 0.553. The van der Waals surface area contributed by atoms with Gasteiger partial charge in [-0.05, 0) is 24.3 Å². The molecule has 0 radical (unpaired) electrons. The van der Waals surface area contributed by atoms with E-state index >= 15 is 0 Å². The van der Waals surface area contributed by atoms with E-state index in [9.17, 15) is 9.59 Å². The van der Waals surface area contributed by atoms with Gasteiger partial charge in [-0.3, -0.25) is 9.59 Å². The summed E-state index contributed by atoms with van der Waals surface area (Å²) in [6, 6.07) is 16.2. The molecule has 2 aromatic carbocycles. The molecule has 1 aromatic heterocycles. The molecule has 0 fully saturated rings. The van der Waals surface area contributed by atoms with E-state index in [1.54, 1.807) is 11.6 Å². The maximum absolute atomic E-state index is 12.2. The third kappa shape index (κ3) is 3.64. The van der Waals surface area contributed by atoms with Crippen molar-refractivity contribution in [1.29, 1.82) is 0 Å². The number of aromatic nitrogens is 1. The second-order valence-electron chi connectivity index (χ2n) is 6.51. The maximum Gasteiger partial charge on any atom is 0.258 e. The zero-order valence-electron chi connectivity index (χ0n) is 15.4. The van der Waals surface area contributed by atoms with E-state index in [1.807, 2.05) is 48.5 Å². The zero-order chi connectivity index (χ0) is 19.5. The number of carbonyl (C=O) groups is 1. The minimum absolute atomic E-state index is 0.193. The fourth-order valence-electron chi connectivity index (χ4n) is 3.09. The average Bonchev–Trinajstić information content (AvgIpc) is 2.73. The number of carbonyl (C=O) groups excluding carboxylic acids is 1. The van der Waals surface area contributed by atoms with E-state index in [0.717, 1.165) is 10.9 Å². The van der Waals surface area contributed by atoms with Crippen LogP contribution in [0.4, 0.5) is 0 Å². The summed E-state index contributed by atoms with van der Waals surface area (Å²) < 4.78 is 18.6. The first kappa shape index (κ1) is 17.9. The highest BCUT2D eigenvalue weighted by Gasteiger charge is 2.21. The molecule has 3 aromatic rings. The molecule has 1 aliphatic rings. The Morgan fingerprint density at radius 1 is 1.18 bits per heavy atom. The summed E-state index contributed by atoms with van der Waals surface area (Å²) in [4.78, 5) is 24.3. The van der Waals surface area contributed by atoms with Gasteiger partial charge in [-0.25, -0.2) is 0 Å². The van der Waals surface area contributed by atoms with Gasteiger partial charge in [0.05, 0.1) is 12.1 Å². The Morgan fingerprint density at radius 2 is 1.93 bits per heavy atom. The van der Waals surface area contributed by atoms with Crippen molar-refractivity contribution in [3.8, 4) is 17.2 Å². The zero-order valence-corrected chi connectivity index (χ0v) is 15.4. The smallest absolute Gasteiger partial charge is 0.258 e. The molecular weight excluding hydrogens is 360 g/mol. The van der Waals surface area contributed by atoms with Crippen LogP contribution in [0, 0.1) is 0 Å². The van der Waals surface area contributed by atoms with Crippen LogP contribution in [0.2, 0.25) is 0 Å². The monoisotopic (exact) mass is 380 g/mol. The Kier molecular flexibility index (Phi) is 4.89. The molecule has 0 spiro atoms. The molecule has 28 heavy (non-hydrogen) atoms. The summed E-state index contributed by atoms with van der Waals surface area (Å²) in [6.07, 6.45) is -0.274. The van der Waals surface area contributed by atoms with Gasteiger partial charge in [-0.1, -0.05) is 24.3 Å². The van der Waals surface area contributed by atoms with Gasteiger partial charge in [0.1, 0.15) is 18.5 Å². The molecular formula is C21H20N2O5. The van der Waals surface area contributed by atoms with Crippen LogP contribution in [0.25, 0.3) is 10.9 Å². The molecule has 144 valence electrons. The molecule has 1 aliphatic heterocycles. The van der Waals surface area contributed by atoms with Crippen LogP contribution in [0.3, 0.4) is 0 Å². The molecule has 0 bridgehead atoms. The van der Waals surface area contributed by atoms with Crippen molar-refractivity contribution in [2.75, 3.05) is 19.8 Å². The SMILES string of the molecule is Cn1c(=O)cc(OCC(=O)NCC2COc3ccccc3O2)c2ccccc21. The van der Waals surface area contributed by atoms with Crippen molar-refractivity contribution in [2.24, 2.45) is 7.05 Å². The topological polar surface area (TPSA) is 78.8 Å². The lowest BCUT2D eigenvalue weighted by molar-refractivity contribution is -0.123. The maximum atomic E-state index is 12.2. The fourth-order valence-corrected chi connectivity index (χ4v) is 3.09. The number of aryl methyl sites for hydroxylation is 1. The van der Waals surface area contributed by atoms with Crippen LogP contribution in [-0.4, -0.2) is 36.3 Å². The highest BCUT2D eigenvalue weighted by molar-refractivity contribution is 5.86. The van der Waals surface area contributed by atoms with Crippen molar-refractivity contribution >= 4 is 16.8 Å². The van der Waals surface area contributed by atoms with E-state index in [2.05, 4.69) is 5.32 Å². The molecule has 4 rings (SSSR count). The number of nitrogens with zero attached hydrogens (tertiary/aromatic N) is 1. The van der Waals surface area contributed by atoms with Crippen molar-refractivity contribution in [3.63, 3.8) is 0 Å². The number of fused-ring (bicyclic) bond motifs is 2. The van der Waals surface area contributed by atoms with E-state index in [1.165, 1.54) is 6.07 Å². The lowest BCUT2D eigenvalue weighted by Gasteiger charge is -2.26. The summed E-state index contributed by atoms with van der Waals surface area (Å²) in [5, 5.41) is 3.55. The largest absolute Gasteiger partial charge is 0.486 e. The van der Waals surface area contributed by atoms with Gasteiger partial charge in [-0.15, -0.1) is 0 Å². The van der Waals surface area contributed by atoms with Crippen molar-refractivity contribution < 1.29 is 19.0 Å². The molecule has 1 unspecified atom stereocenters. The number of hydrogen-bond acceptors (Lipinski definition) is 5. The van der Waals surface area contributed by atoms with Crippen molar-refractivity contribution in [1.82, 2.24) is 9.88 Å². The summed E-state index contributed by atoms with van der Waals surface area (Å²) >= 11 is 0. The lowest BCUT2D eigenvalue weighted by Crippen LogP contribution is -2.42. The Bertz CT molecular complexity index is 1080. The second-order valence-corrected chi connectivity index (χ2v) is 6.51. The van der Waals surface area contributed by atoms with Gasteiger partial charge in [0.25, 0.3) is 11.5 Å². The van der Waals surface area contributed by atoms with Crippen LogP contribution in [0.5, 0.6) is 17.2 Å². The summed E-state index contributed by atoms with van der Waals surface area (Å²) in [5.74, 6) is 1.45. The minimum Gasteiger partial charge on any atom is -0.486 e. The molecule has 2 heterocycles.